The van der Waals surface area contributed by atoms with Crippen LogP contribution < -0.4 is 9.62 Å². The maximum Gasteiger partial charge on any atom is 0.244 e. The smallest absolute Gasteiger partial charge is 0.244 e. The van der Waals surface area contributed by atoms with Crippen molar-refractivity contribution in [2.24, 2.45) is 0 Å². The second-order valence-corrected chi connectivity index (χ2v) is 10.1. The van der Waals surface area contributed by atoms with Crippen LogP contribution in [0.3, 0.4) is 0 Å². The lowest BCUT2D eigenvalue weighted by molar-refractivity contribution is -0.139. The predicted octanol–water partition coefficient (Wildman–Crippen LogP) is 3.49. The lowest BCUT2D eigenvalue weighted by Gasteiger charge is -2.31. The van der Waals surface area contributed by atoms with E-state index in [-0.39, 0.29) is 12.5 Å². The molecule has 32 heavy (non-hydrogen) atoms. The molecular weight excluding hydrogens is 473 g/mol. The van der Waals surface area contributed by atoms with E-state index in [1.165, 1.54) is 11.9 Å². The van der Waals surface area contributed by atoms with Gasteiger partial charge in [0, 0.05) is 13.6 Å². The van der Waals surface area contributed by atoms with Gasteiger partial charge in [-0.15, -0.1) is 0 Å². The van der Waals surface area contributed by atoms with Gasteiger partial charge in [0.2, 0.25) is 21.8 Å². The number of carbonyl (C=O) groups excluding carboxylic acids is 2. The van der Waals surface area contributed by atoms with Gasteiger partial charge in [-0.1, -0.05) is 48.3 Å². The summed E-state index contributed by atoms with van der Waals surface area (Å²) in [5.41, 5.74) is 2.07. The second kappa shape index (κ2) is 11.0. The molecule has 0 heterocycles. The number of sulfonamides is 1. The summed E-state index contributed by atoms with van der Waals surface area (Å²) in [4.78, 5) is 26.9. The van der Waals surface area contributed by atoms with E-state index in [1.54, 1.807) is 37.3 Å². The second-order valence-electron chi connectivity index (χ2n) is 7.35. The fourth-order valence-corrected chi connectivity index (χ4v) is 4.31. The molecule has 2 rings (SSSR count). The fraction of sp³-hybridized carbons (Fsp3) is 0.364. The highest BCUT2D eigenvalue weighted by Gasteiger charge is 2.29. The Bertz CT molecular complexity index is 1080. The van der Waals surface area contributed by atoms with Crippen molar-refractivity contribution in [2.75, 3.05) is 24.2 Å². The molecule has 0 aliphatic heterocycles. The lowest BCUT2D eigenvalue weighted by atomic mass is 10.1. The zero-order valence-electron chi connectivity index (χ0n) is 18.4. The first kappa shape index (κ1) is 26.0. The Morgan fingerprint density at radius 1 is 1.03 bits per heavy atom. The molecule has 1 unspecified atom stereocenters. The SMILES string of the molecule is CCc1ccc(N(CC(=O)N(Cc2ccc(Cl)c(Cl)c2)C(C)C(=O)NC)S(C)(=O)=O)cc1. The number of benzene rings is 2. The van der Waals surface area contributed by atoms with Crippen LogP contribution in [0.2, 0.25) is 10.0 Å². The summed E-state index contributed by atoms with van der Waals surface area (Å²) in [6.45, 7) is 3.17. The fourth-order valence-electron chi connectivity index (χ4n) is 3.14. The predicted molar refractivity (Wildman–Crippen MR) is 129 cm³/mol. The van der Waals surface area contributed by atoms with Crippen molar-refractivity contribution in [1.82, 2.24) is 10.2 Å². The zero-order valence-corrected chi connectivity index (χ0v) is 20.8. The molecule has 0 aliphatic rings. The molecule has 0 radical (unpaired) electrons. The topological polar surface area (TPSA) is 86.8 Å². The van der Waals surface area contributed by atoms with Gasteiger partial charge in [0.1, 0.15) is 12.6 Å². The minimum Gasteiger partial charge on any atom is -0.357 e. The van der Waals surface area contributed by atoms with Crippen LogP contribution in [0.1, 0.15) is 25.0 Å². The molecule has 0 spiro atoms. The van der Waals surface area contributed by atoms with Crippen molar-refractivity contribution < 1.29 is 18.0 Å². The van der Waals surface area contributed by atoms with Crippen LogP contribution in [0.5, 0.6) is 0 Å². The highest BCUT2D eigenvalue weighted by molar-refractivity contribution is 7.92. The van der Waals surface area contributed by atoms with Gasteiger partial charge in [-0.25, -0.2) is 8.42 Å². The summed E-state index contributed by atoms with van der Waals surface area (Å²) >= 11 is 12.1. The van der Waals surface area contributed by atoms with Crippen molar-refractivity contribution in [3.8, 4) is 0 Å². The maximum atomic E-state index is 13.3. The largest absolute Gasteiger partial charge is 0.357 e. The molecule has 7 nitrogen and oxygen atoms in total. The Morgan fingerprint density at radius 2 is 1.62 bits per heavy atom. The van der Waals surface area contributed by atoms with Crippen LogP contribution >= 0.6 is 23.2 Å². The number of nitrogens with one attached hydrogen (secondary N) is 1. The normalized spacial score (nSPS) is 12.2. The van der Waals surface area contributed by atoms with Crippen molar-refractivity contribution in [3.05, 3.63) is 63.6 Å². The maximum absolute atomic E-state index is 13.3. The van der Waals surface area contributed by atoms with Gasteiger partial charge in [-0.3, -0.25) is 13.9 Å². The summed E-state index contributed by atoms with van der Waals surface area (Å²) in [6.07, 6.45) is 1.85. The first-order valence-corrected chi connectivity index (χ1v) is 12.6. The molecule has 2 amide bonds. The number of likely N-dealkylation sites (N-methyl/N-ethyl adjacent to an activating group) is 1. The molecule has 174 valence electrons. The Kier molecular flexibility index (Phi) is 8.95. The van der Waals surface area contributed by atoms with E-state index < -0.39 is 28.5 Å². The van der Waals surface area contributed by atoms with Crippen molar-refractivity contribution >= 4 is 50.7 Å². The van der Waals surface area contributed by atoms with Crippen LogP contribution in [0.15, 0.2) is 42.5 Å². The number of hydrogen-bond acceptors (Lipinski definition) is 4. The van der Waals surface area contributed by atoms with E-state index in [9.17, 15) is 18.0 Å². The van der Waals surface area contributed by atoms with E-state index in [4.69, 9.17) is 23.2 Å². The number of carbonyl (C=O) groups is 2. The Labute approximate surface area is 199 Å². The molecule has 0 bridgehead atoms. The average molecular weight is 500 g/mol. The first-order chi connectivity index (χ1) is 15.0. The molecule has 1 N–H and O–H groups in total. The third-order valence-corrected chi connectivity index (χ3v) is 6.94. The van der Waals surface area contributed by atoms with Gasteiger partial charge in [0.25, 0.3) is 0 Å². The minimum atomic E-state index is -3.76. The van der Waals surface area contributed by atoms with E-state index in [0.29, 0.717) is 21.3 Å². The van der Waals surface area contributed by atoms with Crippen LogP contribution in [0, 0.1) is 0 Å². The zero-order chi connectivity index (χ0) is 24.1. The summed E-state index contributed by atoms with van der Waals surface area (Å²) in [5, 5.41) is 3.21. The molecule has 2 aromatic carbocycles. The van der Waals surface area contributed by atoms with Crippen molar-refractivity contribution in [3.63, 3.8) is 0 Å². The number of halogens is 2. The third-order valence-electron chi connectivity index (χ3n) is 5.06. The number of anilines is 1. The highest BCUT2D eigenvalue weighted by Crippen LogP contribution is 2.24. The third kappa shape index (κ3) is 6.60. The first-order valence-electron chi connectivity index (χ1n) is 9.99. The Morgan fingerprint density at radius 3 is 2.12 bits per heavy atom. The number of hydrogen-bond donors (Lipinski definition) is 1. The van der Waals surface area contributed by atoms with Gasteiger partial charge < -0.3 is 10.2 Å². The number of rotatable bonds is 9. The van der Waals surface area contributed by atoms with E-state index >= 15 is 0 Å². The Balaban J connectivity index is 2.38. The molecule has 0 saturated carbocycles. The van der Waals surface area contributed by atoms with Crippen LogP contribution in [-0.2, 0) is 32.6 Å². The van der Waals surface area contributed by atoms with Crippen LogP contribution in [0.4, 0.5) is 5.69 Å². The molecule has 2 aromatic rings. The summed E-state index contributed by atoms with van der Waals surface area (Å²) < 4.78 is 26.0. The summed E-state index contributed by atoms with van der Waals surface area (Å²) in [7, 11) is -2.29. The van der Waals surface area contributed by atoms with E-state index in [2.05, 4.69) is 5.32 Å². The van der Waals surface area contributed by atoms with Gasteiger partial charge in [0.05, 0.1) is 22.0 Å². The van der Waals surface area contributed by atoms with Gasteiger partial charge in [-0.2, -0.15) is 0 Å². The molecule has 0 fully saturated rings. The molecule has 0 aliphatic carbocycles. The van der Waals surface area contributed by atoms with Gasteiger partial charge in [0.15, 0.2) is 0 Å². The average Bonchev–Trinajstić information content (AvgIpc) is 2.76. The molecular formula is C22H27Cl2N3O4S. The monoisotopic (exact) mass is 499 g/mol. The van der Waals surface area contributed by atoms with Crippen LogP contribution in [0.25, 0.3) is 0 Å². The quantitative estimate of drug-likeness (QED) is 0.571. The standard InChI is InChI=1S/C22H27Cl2N3O4S/c1-5-16-6-9-18(10-7-16)27(32(4,30)31)14-21(28)26(15(2)22(29)25-3)13-17-8-11-19(23)20(24)12-17/h6-12,15H,5,13-14H2,1-4H3,(H,25,29). The van der Waals surface area contributed by atoms with Crippen molar-refractivity contribution in [2.45, 2.75) is 32.9 Å². The molecule has 1 atom stereocenters. The molecule has 0 saturated heterocycles. The minimum absolute atomic E-state index is 0.0523. The van der Waals surface area contributed by atoms with E-state index in [1.807, 2.05) is 19.1 Å². The Hall–Kier alpha value is -2.29. The summed E-state index contributed by atoms with van der Waals surface area (Å²) in [5.74, 6) is -0.909. The number of amides is 2. The highest BCUT2D eigenvalue weighted by atomic mass is 35.5. The van der Waals surface area contributed by atoms with Crippen LogP contribution in [-0.4, -0.2) is 51.0 Å². The summed E-state index contributed by atoms with van der Waals surface area (Å²) in [6, 6.07) is 11.0. The lowest BCUT2D eigenvalue weighted by Crippen LogP contribution is -2.50. The number of nitrogens with zero attached hydrogens (tertiary/aromatic N) is 2. The van der Waals surface area contributed by atoms with Gasteiger partial charge in [-0.05, 0) is 48.7 Å². The molecule has 10 heteroatoms. The molecule has 0 aromatic heterocycles. The number of aryl methyl sites for hydroxylation is 1. The van der Waals surface area contributed by atoms with Gasteiger partial charge >= 0.3 is 0 Å². The van der Waals surface area contributed by atoms with E-state index in [0.717, 1.165) is 22.5 Å². The van der Waals surface area contributed by atoms with Crippen molar-refractivity contribution in [1.29, 1.82) is 0 Å².